The zero-order valence-electron chi connectivity index (χ0n) is 9.46. The number of carbonyl (C=O) groups excluding carboxylic acids is 1. The molecule has 0 aliphatic heterocycles. The first-order chi connectivity index (χ1) is 8.13. The maximum atomic E-state index is 11.0. The zero-order chi connectivity index (χ0) is 12.4. The van der Waals surface area contributed by atoms with Crippen LogP contribution in [0.4, 0.5) is 0 Å². The van der Waals surface area contributed by atoms with Gasteiger partial charge in [0.05, 0.1) is 11.6 Å². The molecule has 0 fully saturated rings. The van der Waals surface area contributed by atoms with Gasteiger partial charge in [-0.25, -0.2) is 0 Å². The molecule has 0 saturated heterocycles. The minimum atomic E-state index is -0.861. The Bertz CT molecular complexity index is 571. The molecule has 0 amide bonds. The van der Waals surface area contributed by atoms with E-state index in [1.807, 2.05) is 24.3 Å². The number of carboxylic acids is 1. The van der Waals surface area contributed by atoms with Gasteiger partial charge in [0.15, 0.2) is 6.29 Å². The van der Waals surface area contributed by atoms with E-state index in [2.05, 4.69) is 0 Å². The highest BCUT2D eigenvalue weighted by atomic mass is 16.4. The summed E-state index contributed by atoms with van der Waals surface area (Å²) in [6.07, 6.45) is 0.759. The van der Waals surface area contributed by atoms with Gasteiger partial charge in [-0.05, 0) is 12.1 Å². The van der Waals surface area contributed by atoms with Crippen LogP contribution in [0.5, 0.6) is 0 Å². The molecule has 1 unspecified atom stereocenters. The van der Waals surface area contributed by atoms with Crippen molar-refractivity contribution in [1.29, 1.82) is 0 Å². The number of nitrogens with zero attached hydrogens (tertiary/aromatic N) is 1. The Labute approximate surface area is 98.5 Å². The van der Waals surface area contributed by atoms with Gasteiger partial charge in [-0.1, -0.05) is 25.1 Å². The predicted octanol–water partition coefficient (Wildman–Crippen LogP) is 2.17. The summed E-state index contributed by atoms with van der Waals surface area (Å²) in [5, 5.41) is 9.87. The molecule has 0 spiro atoms. The summed E-state index contributed by atoms with van der Waals surface area (Å²) in [4.78, 5) is 21.8. The van der Waals surface area contributed by atoms with E-state index in [-0.39, 0.29) is 0 Å². The van der Waals surface area contributed by atoms with Gasteiger partial charge < -0.3 is 9.67 Å². The van der Waals surface area contributed by atoms with Crippen LogP contribution in [-0.2, 0) is 11.3 Å². The first-order valence-electron chi connectivity index (χ1n) is 5.39. The molecule has 0 bridgehead atoms. The molecule has 2 rings (SSSR count). The monoisotopic (exact) mass is 231 g/mol. The number of aldehydes is 1. The molecule has 1 aromatic carbocycles. The summed E-state index contributed by atoms with van der Waals surface area (Å²) < 4.78 is 1.75. The van der Waals surface area contributed by atoms with Crippen molar-refractivity contribution in [2.24, 2.45) is 5.92 Å². The Morgan fingerprint density at radius 3 is 2.82 bits per heavy atom. The first-order valence-corrected chi connectivity index (χ1v) is 5.39. The van der Waals surface area contributed by atoms with E-state index in [0.717, 1.165) is 17.2 Å². The van der Waals surface area contributed by atoms with E-state index in [1.54, 1.807) is 17.6 Å². The average Bonchev–Trinajstić information content (AvgIpc) is 2.67. The number of para-hydroxylation sites is 1. The van der Waals surface area contributed by atoms with E-state index in [4.69, 9.17) is 5.11 Å². The smallest absolute Gasteiger partial charge is 0.308 e. The van der Waals surface area contributed by atoms with Crippen LogP contribution in [-0.4, -0.2) is 21.9 Å². The lowest BCUT2D eigenvalue weighted by Crippen LogP contribution is -2.17. The Morgan fingerprint density at radius 1 is 1.47 bits per heavy atom. The van der Waals surface area contributed by atoms with Crippen LogP contribution in [0.25, 0.3) is 10.9 Å². The minimum Gasteiger partial charge on any atom is -0.481 e. The van der Waals surface area contributed by atoms with Gasteiger partial charge in [-0.3, -0.25) is 9.59 Å². The van der Waals surface area contributed by atoms with Crippen molar-refractivity contribution in [1.82, 2.24) is 4.57 Å². The molecular formula is C13H13NO3. The Kier molecular flexibility index (Phi) is 2.95. The third-order valence-electron chi connectivity index (χ3n) is 2.84. The Morgan fingerprint density at radius 2 is 2.18 bits per heavy atom. The van der Waals surface area contributed by atoms with E-state index in [9.17, 15) is 9.59 Å². The number of carbonyl (C=O) groups is 2. The van der Waals surface area contributed by atoms with Crippen molar-refractivity contribution in [3.63, 3.8) is 0 Å². The largest absolute Gasteiger partial charge is 0.481 e. The summed E-state index contributed by atoms with van der Waals surface area (Å²) in [7, 11) is 0. The minimum absolute atomic E-state index is 0.302. The first kappa shape index (κ1) is 11.4. The Hall–Kier alpha value is -2.10. The van der Waals surface area contributed by atoms with Crippen molar-refractivity contribution >= 4 is 23.2 Å². The molecule has 0 aliphatic rings. The van der Waals surface area contributed by atoms with Crippen LogP contribution in [0.3, 0.4) is 0 Å². The van der Waals surface area contributed by atoms with E-state index >= 15 is 0 Å². The van der Waals surface area contributed by atoms with Gasteiger partial charge >= 0.3 is 5.97 Å². The number of benzene rings is 1. The topological polar surface area (TPSA) is 59.3 Å². The second-order valence-corrected chi connectivity index (χ2v) is 4.10. The third-order valence-corrected chi connectivity index (χ3v) is 2.84. The fourth-order valence-electron chi connectivity index (χ4n) is 1.89. The molecule has 17 heavy (non-hydrogen) atoms. The normalized spacial score (nSPS) is 12.5. The molecule has 1 N–H and O–H groups in total. The molecule has 88 valence electrons. The number of aromatic nitrogens is 1. The van der Waals surface area contributed by atoms with Gasteiger partial charge in [0.1, 0.15) is 0 Å². The number of hydrogen-bond donors (Lipinski definition) is 1. The molecule has 1 atom stereocenters. The van der Waals surface area contributed by atoms with Crippen molar-refractivity contribution in [3.8, 4) is 0 Å². The highest BCUT2D eigenvalue weighted by Gasteiger charge is 2.15. The quantitative estimate of drug-likeness (QED) is 0.820. The van der Waals surface area contributed by atoms with Gasteiger partial charge in [-0.2, -0.15) is 0 Å². The molecule has 4 heteroatoms. The average molecular weight is 231 g/mol. The number of aliphatic carboxylic acids is 1. The molecule has 4 nitrogen and oxygen atoms in total. The van der Waals surface area contributed by atoms with Gasteiger partial charge in [0.2, 0.25) is 0 Å². The van der Waals surface area contributed by atoms with Crippen LogP contribution in [0, 0.1) is 5.92 Å². The Balaban J connectivity index is 2.50. The van der Waals surface area contributed by atoms with E-state index < -0.39 is 11.9 Å². The summed E-state index contributed by atoms with van der Waals surface area (Å²) in [5.41, 5.74) is 1.40. The molecule has 1 aromatic heterocycles. The van der Waals surface area contributed by atoms with E-state index in [0.29, 0.717) is 12.2 Å². The third kappa shape index (κ3) is 2.06. The summed E-state index contributed by atoms with van der Waals surface area (Å²) in [5.74, 6) is -1.39. The van der Waals surface area contributed by atoms with Crippen LogP contribution in [0.1, 0.15) is 17.4 Å². The number of hydrogen-bond acceptors (Lipinski definition) is 2. The summed E-state index contributed by atoms with van der Waals surface area (Å²) in [6.45, 7) is 1.93. The molecule has 2 aromatic rings. The van der Waals surface area contributed by atoms with Crippen molar-refractivity contribution in [2.75, 3.05) is 0 Å². The van der Waals surface area contributed by atoms with Crippen molar-refractivity contribution in [2.45, 2.75) is 13.5 Å². The second-order valence-electron chi connectivity index (χ2n) is 4.10. The van der Waals surface area contributed by atoms with Gasteiger partial charge in [0.25, 0.3) is 0 Å². The SMILES string of the molecule is CC(Cn1c(C=O)cc2ccccc21)C(=O)O. The standard InChI is InChI=1S/C13H13NO3/c1-9(13(16)17)7-14-11(8-15)6-10-4-2-3-5-12(10)14/h2-6,8-9H,7H2,1H3,(H,16,17). The molecular weight excluding hydrogens is 218 g/mol. The lowest BCUT2D eigenvalue weighted by molar-refractivity contribution is -0.141. The predicted molar refractivity (Wildman–Crippen MR) is 64.1 cm³/mol. The van der Waals surface area contributed by atoms with Crippen LogP contribution < -0.4 is 0 Å². The fraction of sp³-hybridized carbons (Fsp3) is 0.231. The zero-order valence-corrected chi connectivity index (χ0v) is 9.46. The van der Waals surface area contributed by atoms with Crippen LogP contribution in [0.2, 0.25) is 0 Å². The van der Waals surface area contributed by atoms with Crippen LogP contribution in [0.15, 0.2) is 30.3 Å². The number of fused-ring (bicyclic) bond motifs is 1. The number of carboxylic acid groups (broad SMARTS) is 1. The second kappa shape index (κ2) is 4.41. The van der Waals surface area contributed by atoms with Crippen LogP contribution >= 0.6 is 0 Å². The highest BCUT2D eigenvalue weighted by Crippen LogP contribution is 2.20. The van der Waals surface area contributed by atoms with Gasteiger partial charge in [-0.15, -0.1) is 0 Å². The fourth-order valence-corrected chi connectivity index (χ4v) is 1.89. The molecule has 1 heterocycles. The summed E-state index contributed by atoms with van der Waals surface area (Å²) in [6, 6.07) is 9.33. The molecule has 0 aliphatic carbocycles. The highest BCUT2D eigenvalue weighted by molar-refractivity contribution is 5.89. The maximum Gasteiger partial charge on any atom is 0.308 e. The van der Waals surface area contributed by atoms with Gasteiger partial charge in [0, 0.05) is 17.4 Å². The van der Waals surface area contributed by atoms with Crippen molar-refractivity contribution in [3.05, 3.63) is 36.0 Å². The molecule has 0 saturated carbocycles. The lowest BCUT2D eigenvalue weighted by Gasteiger charge is -2.10. The summed E-state index contributed by atoms with van der Waals surface area (Å²) >= 11 is 0. The number of rotatable bonds is 4. The maximum absolute atomic E-state index is 11.0. The lowest BCUT2D eigenvalue weighted by atomic mass is 10.2. The van der Waals surface area contributed by atoms with E-state index in [1.165, 1.54) is 0 Å². The van der Waals surface area contributed by atoms with Crippen molar-refractivity contribution < 1.29 is 14.7 Å². The molecule has 0 radical (unpaired) electrons.